The smallest absolute Gasteiger partial charge is 0.251 e. The van der Waals surface area contributed by atoms with E-state index >= 15 is 0 Å². The van der Waals surface area contributed by atoms with Crippen molar-refractivity contribution in [2.45, 2.75) is 28.5 Å². The van der Waals surface area contributed by atoms with Gasteiger partial charge in [0.2, 0.25) is 0 Å². The van der Waals surface area contributed by atoms with Crippen LogP contribution < -0.4 is 5.32 Å². The highest BCUT2D eigenvalue weighted by atomic mass is 32.2. The summed E-state index contributed by atoms with van der Waals surface area (Å²) in [6, 6.07) is 19.6. The number of carbonyl (C=O) groups is 1. The fraction of sp³-hybridized carbons (Fsp3) is 0.174. The third-order valence-corrected chi connectivity index (χ3v) is 9.45. The van der Waals surface area contributed by atoms with Crippen LogP contribution in [0.1, 0.15) is 32.3 Å². The number of carbonyl (C=O) groups excluding carboxylic acids is 1. The number of benzene rings is 3. The van der Waals surface area contributed by atoms with Crippen molar-refractivity contribution in [3.8, 4) is 0 Å². The van der Waals surface area contributed by atoms with Gasteiger partial charge in [-0.2, -0.15) is 0 Å². The minimum atomic E-state index is -4.01. The molecule has 3 aromatic rings. The number of hydrogen-bond acceptors (Lipinski definition) is 5. The van der Waals surface area contributed by atoms with Crippen LogP contribution in [0.4, 0.5) is 0 Å². The van der Waals surface area contributed by atoms with Crippen molar-refractivity contribution in [1.82, 2.24) is 5.32 Å². The predicted molar refractivity (Wildman–Crippen MR) is 117 cm³/mol. The molecule has 0 saturated carbocycles. The molecule has 0 aliphatic carbocycles. The van der Waals surface area contributed by atoms with E-state index in [1.807, 2.05) is 31.2 Å². The fourth-order valence-electron chi connectivity index (χ4n) is 3.72. The van der Waals surface area contributed by atoms with Gasteiger partial charge in [0.25, 0.3) is 5.91 Å². The molecule has 6 nitrogen and oxygen atoms in total. The molecule has 31 heavy (non-hydrogen) atoms. The summed E-state index contributed by atoms with van der Waals surface area (Å²) in [5.74, 6) is -1.09. The minimum Gasteiger partial charge on any atom is -0.348 e. The number of aryl methyl sites for hydroxylation is 1. The molecule has 0 spiro atoms. The van der Waals surface area contributed by atoms with Crippen LogP contribution in [0.15, 0.2) is 82.6 Å². The summed E-state index contributed by atoms with van der Waals surface area (Å²) in [4.78, 5) is 12.9. The Hall–Kier alpha value is -2.97. The molecule has 0 bridgehead atoms. The van der Waals surface area contributed by atoms with Crippen molar-refractivity contribution in [2.75, 3.05) is 5.75 Å². The highest BCUT2D eigenvalue weighted by molar-refractivity contribution is 7.96. The Bertz CT molecular complexity index is 1350. The summed E-state index contributed by atoms with van der Waals surface area (Å²) in [6.45, 7) is 2.20. The maximum atomic E-state index is 13.3. The second-order valence-electron chi connectivity index (χ2n) is 7.51. The monoisotopic (exact) mass is 455 g/mol. The Morgan fingerprint density at radius 3 is 2.32 bits per heavy atom. The number of rotatable bonds is 5. The Morgan fingerprint density at radius 1 is 0.968 bits per heavy atom. The van der Waals surface area contributed by atoms with Gasteiger partial charge in [-0.25, -0.2) is 16.8 Å². The lowest BCUT2D eigenvalue weighted by molar-refractivity contribution is 0.0949. The summed E-state index contributed by atoms with van der Waals surface area (Å²) in [5, 5.41) is 1.44. The standard InChI is InChI=1S/C23H21NO5S2/c1-16-10-12-17(13-11-16)14-24-23(25)19-8-5-9-20-22(19)21(15-30(20,26)27)31(28,29)18-6-3-2-4-7-18/h2-13,21H,14-15H2,1H3,(H,24,25). The highest BCUT2D eigenvalue weighted by Crippen LogP contribution is 2.42. The van der Waals surface area contributed by atoms with Crippen LogP contribution in [0.25, 0.3) is 0 Å². The van der Waals surface area contributed by atoms with Crippen LogP contribution >= 0.6 is 0 Å². The molecule has 1 heterocycles. The largest absolute Gasteiger partial charge is 0.348 e. The quantitative estimate of drug-likeness (QED) is 0.637. The molecule has 1 aliphatic rings. The van der Waals surface area contributed by atoms with Crippen molar-refractivity contribution in [1.29, 1.82) is 0 Å². The van der Waals surface area contributed by atoms with E-state index in [4.69, 9.17) is 0 Å². The number of hydrogen-bond donors (Lipinski definition) is 1. The molecule has 0 radical (unpaired) electrons. The SMILES string of the molecule is Cc1ccc(CNC(=O)c2cccc3c2C(S(=O)(=O)c2ccccc2)CS3(=O)=O)cc1. The summed E-state index contributed by atoms with van der Waals surface area (Å²) in [5.41, 5.74) is 2.09. The minimum absolute atomic E-state index is 0.0258. The first-order valence-corrected chi connectivity index (χ1v) is 12.9. The summed E-state index contributed by atoms with van der Waals surface area (Å²) in [6.07, 6.45) is 0. The first-order valence-electron chi connectivity index (χ1n) is 9.68. The third-order valence-electron chi connectivity index (χ3n) is 5.36. The lowest BCUT2D eigenvalue weighted by Gasteiger charge is -2.15. The van der Waals surface area contributed by atoms with Gasteiger partial charge in [-0.15, -0.1) is 0 Å². The number of sulfone groups is 2. The zero-order valence-electron chi connectivity index (χ0n) is 16.8. The van der Waals surface area contributed by atoms with Crippen molar-refractivity contribution in [2.24, 2.45) is 0 Å². The van der Waals surface area contributed by atoms with Gasteiger partial charge in [0, 0.05) is 17.7 Å². The van der Waals surface area contributed by atoms with Crippen LogP contribution in [-0.4, -0.2) is 28.5 Å². The first kappa shape index (κ1) is 21.3. The maximum Gasteiger partial charge on any atom is 0.251 e. The van der Waals surface area contributed by atoms with Gasteiger partial charge in [0.05, 0.1) is 15.5 Å². The van der Waals surface area contributed by atoms with Gasteiger partial charge >= 0.3 is 0 Å². The van der Waals surface area contributed by atoms with E-state index in [9.17, 15) is 21.6 Å². The van der Waals surface area contributed by atoms with Crippen molar-refractivity contribution >= 4 is 25.6 Å². The topological polar surface area (TPSA) is 97.4 Å². The highest BCUT2D eigenvalue weighted by Gasteiger charge is 2.45. The van der Waals surface area contributed by atoms with Crippen molar-refractivity contribution in [3.63, 3.8) is 0 Å². The zero-order chi connectivity index (χ0) is 22.2. The lowest BCUT2D eigenvalue weighted by Crippen LogP contribution is -2.25. The maximum absolute atomic E-state index is 13.3. The molecular weight excluding hydrogens is 434 g/mol. The van der Waals surface area contributed by atoms with Gasteiger partial charge in [0.1, 0.15) is 5.25 Å². The fourth-order valence-corrected chi connectivity index (χ4v) is 8.10. The van der Waals surface area contributed by atoms with Crippen LogP contribution in [-0.2, 0) is 26.2 Å². The van der Waals surface area contributed by atoms with E-state index in [-0.39, 0.29) is 27.5 Å². The van der Waals surface area contributed by atoms with E-state index in [1.165, 1.54) is 30.3 Å². The van der Waals surface area contributed by atoms with Crippen LogP contribution in [0.5, 0.6) is 0 Å². The third kappa shape index (κ3) is 4.00. The van der Waals surface area contributed by atoms with E-state index in [2.05, 4.69) is 5.32 Å². The Balaban J connectivity index is 1.73. The molecule has 1 N–H and O–H groups in total. The van der Waals surface area contributed by atoms with Gasteiger partial charge < -0.3 is 5.32 Å². The Kier molecular flexibility index (Phi) is 5.45. The molecular formula is C23H21NO5S2. The summed E-state index contributed by atoms with van der Waals surface area (Å²) in [7, 11) is -7.84. The predicted octanol–water partition coefficient (Wildman–Crippen LogP) is 3.23. The second kappa shape index (κ2) is 7.94. The molecule has 3 aromatic carbocycles. The molecule has 0 saturated heterocycles. The molecule has 1 unspecified atom stereocenters. The van der Waals surface area contributed by atoms with Gasteiger partial charge in [0.15, 0.2) is 19.7 Å². The molecule has 0 aromatic heterocycles. The van der Waals surface area contributed by atoms with E-state index in [0.29, 0.717) is 0 Å². The van der Waals surface area contributed by atoms with Crippen molar-refractivity contribution in [3.05, 3.63) is 95.1 Å². The lowest BCUT2D eigenvalue weighted by atomic mass is 10.0. The molecule has 4 rings (SSSR count). The van der Waals surface area contributed by atoms with Crippen LogP contribution in [0.3, 0.4) is 0 Å². The van der Waals surface area contributed by atoms with E-state index < -0.39 is 36.6 Å². The van der Waals surface area contributed by atoms with E-state index in [1.54, 1.807) is 18.2 Å². The van der Waals surface area contributed by atoms with E-state index in [0.717, 1.165) is 11.1 Å². The molecule has 1 atom stereocenters. The average molecular weight is 456 g/mol. The van der Waals surface area contributed by atoms with Crippen LogP contribution in [0, 0.1) is 6.92 Å². The second-order valence-corrected chi connectivity index (χ2v) is 11.6. The molecule has 160 valence electrons. The van der Waals surface area contributed by atoms with Gasteiger partial charge in [-0.05, 0) is 36.8 Å². The molecule has 1 amide bonds. The number of amides is 1. The number of fused-ring (bicyclic) bond motifs is 1. The Labute approximate surface area is 181 Å². The normalized spacial score (nSPS) is 17.1. The summed E-state index contributed by atoms with van der Waals surface area (Å²) < 4.78 is 52.0. The molecule has 8 heteroatoms. The average Bonchev–Trinajstić information content (AvgIpc) is 3.05. The van der Waals surface area contributed by atoms with Gasteiger partial charge in [-0.3, -0.25) is 4.79 Å². The summed E-state index contributed by atoms with van der Waals surface area (Å²) >= 11 is 0. The molecule has 0 fully saturated rings. The number of nitrogens with one attached hydrogen (secondary N) is 1. The van der Waals surface area contributed by atoms with Crippen molar-refractivity contribution < 1.29 is 21.6 Å². The zero-order valence-corrected chi connectivity index (χ0v) is 18.4. The van der Waals surface area contributed by atoms with Gasteiger partial charge in [-0.1, -0.05) is 54.1 Å². The Morgan fingerprint density at radius 2 is 1.65 bits per heavy atom. The van der Waals surface area contributed by atoms with Crippen LogP contribution in [0.2, 0.25) is 0 Å². The first-order chi connectivity index (χ1) is 14.7. The molecule has 1 aliphatic heterocycles.